The van der Waals surface area contributed by atoms with Gasteiger partial charge >= 0.3 is 0 Å². The van der Waals surface area contributed by atoms with Crippen LogP contribution in [0.1, 0.15) is 24.6 Å². The predicted octanol–water partition coefficient (Wildman–Crippen LogP) is 3.16. The van der Waals surface area contributed by atoms with E-state index in [-0.39, 0.29) is 11.8 Å². The van der Waals surface area contributed by atoms with Crippen molar-refractivity contribution in [1.29, 1.82) is 0 Å². The topological polar surface area (TPSA) is 36.4 Å². The molecule has 3 rings (SSSR count). The molecule has 1 fully saturated rings. The van der Waals surface area contributed by atoms with Crippen LogP contribution in [0, 0.1) is 5.92 Å². The summed E-state index contributed by atoms with van der Waals surface area (Å²) in [6.45, 7) is 3.95. The molecule has 22 heavy (non-hydrogen) atoms. The first-order chi connectivity index (χ1) is 10.6. The summed E-state index contributed by atoms with van der Waals surface area (Å²) in [5, 5.41) is 1.24. The van der Waals surface area contributed by atoms with Crippen molar-refractivity contribution in [3.05, 3.63) is 23.2 Å². The summed E-state index contributed by atoms with van der Waals surface area (Å²) in [5.74, 6) is 1.37. The number of carbonyl (C=O) groups excluding carboxylic acids is 1. The van der Waals surface area contributed by atoms with Crippen LogP contribution in [0.15, 0.2) is 18.3 Å². The van der Waals surface area contributed by atoms with Crippen LogP contribution in [0.3, 0.4) is 0 Å². The number of piperidine rings is 1. The highest BCUT2D eigenvalue weighted by molar-refractivity contribution is 7.19. The van der Waals surface area contributed by atoms with Gasteiger partial charge in [-0.15, -0.1) is 11.3 Å². The molecule has 0 N–H and O–H groups in total. The monoisotopic (exact) mass is 317 g/mol. The van der Waals surface area contributed by atoms with Crippen molar-refractivity contribution >= 4 is 33.1 Å². The number of fused-ring (bicyclic) bond motifs is 1. The highest BCUT2D eigenvalue weighted by Crippen LogP contribution is 2.34. The second-order valence-electron chi connectivity index (χ2n) is 6.13. The van der Waals surface area contributed by atoms with Crippen LogP contribution >= 0.6 is 11.3 Å². The average molecular weight is 317 g/mol. The molecule has 1 aliphatic heterocycles. The van der Waals surface area contributed by atoms with Gasteiger partial charge in [-0.1, -0.05) is 6.92 Å². The molecule has 5 heteroatoms. The number of hydrogen-bond donors (Lipinski definition) is 0. The van der Waals surface area contributed by atoms with Gasteiger partial charge in [0.05, 0.1) is 5.92 Å². The largest absolute Gasteiger partial charge is 0.355 e. The number of amides is 1. The Balaban J connectivity index is 1.90. The maximum Gasteiger partial charge on any atom is 0.226 e. The van der Waals surface area contributed by atoms with Gasteiger partial charge < -0.3 is 9.80 Å². The molecule has 1 atom stereocenters. The number of pyridine rings is 1. The second kappa shape index (κ2) is 6.24. The zero-order chi connectivity index (χ0) is 15.7. The van der Waals surface area contributed by atoms with E-state index in [1.165, 1.54) is 15.0 Å². The van der Waals surface area contributed by atoms with Crippen LogP contribution in [0.25, 0.3) is 10.1 Å². The molecule has 1 saturated heterocycles. The van der Waals surface area contributed by atoms with Gasteiger partial charge in [0.25, 0.3) is 0 Å². The number of hydrogen-bond acceptors (Lipinski definition) is 4. The molecule has 1 amide bonds. The van der Waals surface area contributed by atoms with Crippen LogP contribution in [-0.2, 0) is 11.2 Å². The molecule has 0 aromatic carbocycles. The number of aromatic nitrogens is 1. The Hall–Kier alpha value is -1.62. The first kappa shape index (κ1) is 15.3. The Labute approximate surface area is 135 Å². The number of carbonyl (C=O) groups is 1. The third-order valence-corrected chi connectivity index (χ3v) is 5.58. The average Bonchev–Trinajstić information content (AvgIpc) is 2.97. The number of nitrogens with zero attached hydrogens (tertiary/aromatic N) is 3. The van der Waals surface area contributed by atoms with E-state index in [4.69, 9.17) is 0 Å². The SMILES string of the molecule is CCc1cc2c(N3CCCC(C(=O)N(C)C)C3)nccc2s1. The summed E-state index contributed by atoms with van der Waals surface area (Å²) in [6, 6.07) is 4.36. The quantitative estimate of drug-likeness (QED) is 0.872. The maximum atomic E-state index is 12.3. The van der Waals surface area contributed by atoms with Crippen molar-refractivity contribution in [2.24, 2.45) is 5.92 Å². The van der Waals surface area contributed by atoms with Crippen LogP contribution in [0.2, 0.25) is 0 Å². The van der Waals surface area contributed by atoms with E-state index < -0.39 is 0 Å². The third kappa shape index (κ3) is 2.82. The molecule has 1 unspecified atom stereocenters. The molecule has 2 aromatic rings. The molecule has 0 radical (unpaired) electrons. The Kier molecular flexibility index (Phi) is 4.34. The fourth-order valence-electron chi connectivity index (χ4n) is 3.16. The van der Waals surface area contributed by atoms with E-state index in [1.54, 1.807) is 4.90 Å². The molecule has 4 nitrogen and oxygen atoms in total. The minimum Gasteiger partial charge on any atom is -0.355 e. The van der Waals surface area contributed by atoms with Crippen molar-refractivity contribution in [3.8, 4) is 0 Å². The van der Waals surface area contributed by atoms with E-state index in [1.807, 2.05) is 31.6 Å². The Bertz CT molecular complexity index is 680. The van der Waals surface area contributed by atoms with Crippen molar-refractivity contribution in [2.75, 3.05) is 32.1 Å². The van der Waals surface area contributed by atoms with E-state index in [0.717, 1.165) is 38.2 Å². The first-order valence-corrected chi connectivity index (χ1v) is 8.75. The summed E-state index contributed by atoms with van der Waals surface area (Å²) >= 11 is 1.85. The molecular weight excluding hydrogens is 294 g/mol. The van der Waals surface area contributed by atoms with Crippen molar-refractivity contribution in [3.63, 3.8) is 0 Å². The van der Waals surface area contributed by atoms with Crippen molar-refractivity contribution < 1.29 is 4.79 Å². The molecule has 0 aliphatic carbocycles. The first-order valence-electron chi connectivity index (χ1n) is 7.93. The smallest absolute Gasteiger partial charge is 0.226 e. The van der Waals surface area contributed by atoms with Gasteiger partial charge in [-0.25, -0.2) is 4.98 Å². The lowest BCUT2D eigenvalue weighted by atomic mass is 9.96. The predicted molar refractivity (Wildman–Crippen MR) is 92.6 cm³/mol. The van der Waals surface area contributed by atoms with Crippen LogP contribution in [0.4, 0.5) is 5.82 Å². The van der Waals surface area contributed by atoms with E-state index in [2.05, 4.69) is 28.9 Å². The molecule has 0 spiro atoms. The lowest BCUT2D eigenvalue weighted by molar-refractivity contribution is -0.133. The van der Waals surface area contributed by atoms with Gasteiger partial charge in [-0.2, -0.15) is 0 Å². The molecule has 0 saturated carbocycles. The number of anilines is 1. The minimum atomic E-state index is 0.0880. The molecule has 2 aromatic heterocycles. The summed E-state index contributed by atoms with van der Waals surface area (Å²) in [4.78, 5) is 22.3. The van der Waals surface area contributed by atoms with Gasteiger partial charge in [0, 0.05) is 48.3 Å². The minimum absolute atomic E-state index is 0.0880. The van der Waals surface area contributed by atoms with Crippen LogP contribution < -0.4 is 4.90 Å². The highest BCUT2D eigenvalue weighted by Gasteiger charge is 2.28. The van der Waals surface area contributed by atoms with Crippen molar-refractivity contribution in [1.82, 2.24) is 9.88 Å². The number of thiophene rings is 1. The molecule has 3 heterocycles. The Morgan fingerprint density at radius 2 is 2.32 bits per heavy atom. The fraction of sp³-hybridized carbons (Fsp3) is 0.529. The molecular formula is C17H23N3OS. The highest BCUT2D eigenvalue weighted by atomic mass is 32.1. The maximum absolute atomic E-state index is 12.3. The van der Waals surface area contributed by atoms with Crippen molar-refractivity contribution in [2.45, 2.75) is 26.2 Å². The standard InChI is InChI=1S/C17H23N3OS/c1-4-13-10-14-15(22-13)7-8-18-16(14)20-9-5-6-12(11-20)17(21)19(2)3/h7-8,10,12H,4-6,9,11H2,1-3H3. The van der Waals surface area contributed by atoms with Gasteiger partial charge in [-0.05, 0) is 31.4 Å². The number of rotatable bonds is 3. The van der Waals surface area contributed by atoms with Crippen LogP contribution in [-0.4, -0.2) is 43.0 Å². The number of aryl methyl sites for hydroxylation is 1. The Morgan fingerprint density at radius 3 is 3.05 bits per heavy atom. The summed E-state index contributed by atoms with van der Waals surface area (Å²) in [6.07, 6.45) is 4.98. The van der Waals surface area contributed by atoms with Gasteiger partial charge in [0.15, 0.2) is 0 Å². The lowest BCUT2D eigenvalue weighted by Crippen LogP contribution is -2.43. The Morgan fingerprint density at radius 1 is 1.50 bits per heavy atom. The normalized spacial score (nSPS) is 18.7. The summed E-state index contributed by atoms with van der Waals surface area (Å²) in [5.41, 5.74) is 0. The van der Waals surface area contributed by atoms with E-state index in [9.17, 15) is 4.79 Å². The van der Waals surface area contributed by atoms with E-state index >= 15 is 0 Å². The summed E-state index contributed by atoms with van der Waals surface area (Å²) < 4.78 is 1.29. The zero-order valence-corrected chi connectivity index (χ0v) is 14.3. The molecule has 118 valence electrons. The third-order valence-electron chi connectivity index (χ3n) is 4.33. The molecule has 0 bridgehead atoms. The van der Waals surface area contributed by atoms with Crippen LogP contribution in [0.5, 0.6) is 0 Å². The molecule has 1 aliphatic rings. The second-order valence-corrected chi connectivity index (χ2v) is 7.30. The zero-order valence-electron chi connectivity index (χ0n) is 13.5. The van der Waals surface area contributed by atoms with Gasteiger partial charge in [-0.3, -0.25) is 4.79 Å². The lowest BCUT2D eigenvalue weighted by Gasteiger charge is -2.34. The fourth-order valence-corrected chi connectivity index (χ4v) is 4.16. The van der Waals surface area contributed by atoms with Gasteiger partial charge in [0.1, 0.15) is 5.82 Å². The van der Waals surface area contributed by atoms with Gasteiger partial charge in [0.2, 0.25) is 5.91 Å². The summed E-state index contributed by atoms with van der Waals surface area (Å²) in [7, 11) is 3.68. The van der Waals surface area contributed by atoms with E-state index in [0.29, 0.717) is 0 Å².